The lowest BCUT2D eigenvalue weighted by molar-refractivity contribution is 0.614. The maximum absolute atomic E-state index is 5.21. The van der Waals surface area contributed by atoms with Crippen LogP contribution in [-0.4, -0.2) is 29.9 Å². The molecule has 0 bridgehead atoms. The van der Waals surface area contributed by atoms with E-state index in [4.69, 9.17) is 15.0 Å². The van der Waals surface area contributed by atoms with Crippen LogP contribution in [0.3, 0.4) is 0 Å². The van der Waals surface area contributed by atoms with Gasteiger partial charge >= 0.3 is 0 Å². The Bertz CT molecular complexity index is 1470. The summed E-state index contributed by atoms with van der Waals surface area (Å²) in [5.41, 5.74) is 7.60. The summed E-state index contributed by atoms with van der Waals surface area (Å²) in [4.78, 5) is 28.2. The van der Waals surface area contributed by atoms with Gasteiger partial charge < -0.3 is 0 Å². The van der Waals surface area contributed by atoms with Crippen molar-refractivity contribution in [2.75, 3.05) is 0 Å². The average molecular weight is 428 g/mol. The maximum Gasteiger partial charge on any atom is 0.178 e. The van der Waals surface area contributed by atoms with Crippen LogP contribution in [0.5, 0.6) is 0 Å². The molecule has 0 aliphatic heterocycles. The largest absolute Gasteiger partial charge is 0.247 e. The molecule has 33 heavy (non-hydrogen) atoms. The Hall–Kier alpha value is -4.32. The molecule has 0 radical (unpaired) electrons. The second kappa shape index (κ2) is 7.38. The lowest BCUT2D eigenvalue weighted by Crippen LogP contribution is -2.19. The first-order valence-corrected chi connectivity index (χ1v) is 10.8. The second-order valence-corrected chi connectivity index (χ2v) is 8.53. The lowest BCUT2D eigenvalue weighted by Gasteiger charge is -2.20. The fraction of sp³-hybridized carbons (Fsp3) is 0.111. The normalized spacial score (nSPS) is 13.4. The standard InChI is InChI=1S/C27H20N6/c1-27(2)24-19(15-29-26(33-24)20-13-14-28-16-30-20)23-25(27)32-22(18-11-7-4-8-12-18)21(31-23)17-9-5-3-6-10-17/h3-16H,1-2H3. The number of aromatic nitrogens is 6. The topological polar surface area (TPSA) is 77.3 Å². The van der Waals surface area contributed by atoms with Crippen molar-refractivity contribution in [3.63, 3.8) is 0 Å². The number of benzene rings is 2. The minimum Gasteiger partial charge on any atom is -0.247 e. The van der Waals surface area contributed by atoms with Crippen molar-refractivity contribution >= 4 is 0 Å². The van der Waals surface area contributed by atoms with Gasteiger partial charge in [-0.25, -0.2) is 29.9 Å². The molecule has 3 heterocycles. The van der Waals surface area contributed by atoms with Gasteiger partial charge in [0.2, 0.25) is 0 Å². The smallest absolute Gasteiger partial charge is 0.178 e. The van der Waals surface area contributed by atoms with Crippen molar-refractivity contribution in [2.24, 2.45) is 0 Å². The van der Waals surface area contributed by atoms with Gasteiger partial charge in [0.1, 0.15) is 12.0 Å². The summed E-state index contributed by atoms with van der Waals surface area (Å²) in [6.07, 6.45) is 5.05. The third-order valence-corrected chi connectivity index (χ3v) is 6.03. The van der Waals surface area contributed by atoms with Gasteiger partial charge in [0, 0.05) is 29.1 Å². The summed E-state index contributed by atoms with van der Waals surface area (Å²) in [5, 5.41) is 0. The quantitative estimate of drug-likeness (QED) is 0.385. The first-order valence-electron chi connectivity index (χ1n) is 10.8. The van der Waals surface area contributed by atoms with E-state index in [2.05, 4.69) is 53.1 Å². The Morgan fingerprint density at radius 1 is 0.636 bits per heavy atom. The molecule has 0 unspecified atom stereocenters. The first kappa shape index (κ1) is 19.4. The molecule has 0 fully saturated rings. The third-order valence-electron chi connectivity index (χ3n) is 6.03. The summed E-state index contributed by atoms with van der Waals surface area (Å²) in [7, 11) is 0. The summed E-state index contributed by atoms with van der Waals surface area (Å²) in [5.74, 6) is 0.573. The number of nitrogens with zero attached hydrogens (tertiary/aromatic N) is 6. The van der Waals surface area contributed by atoms with E-state index in [9.17, 15) is 0 Å². The van der Waals surface area contributed by atoms with Crippen LogP contribution < -0.4 is 0 Å². The molecule has 6 rings (SSSR count). The number of hydrogen-bond acceptors (Lipinski definition) is 6. The molecule has 2 aromatic carbocycles. The van der Waals surface area contributed by atoms with E-state index in [0.29, 0.717) is 11.5 Å². The molecule has 5 aromatic rings. The van der Waals surface area contributed by atoms with Crippen LogP contribution in [0.15, 0.2) is 85.5 Å². The third kappa shape index (κ3) is 3.10. The zero-order valence-corrected chi connectivity index (χ0v) is 18.3. The predicted octanol–water partition coefficient (Wildman–Crippen LogP) is 5.36. The fourth-order valence-electron chi connectivity index (χ4n) is 4.34. The minimum absolute atomic E-state index is 0.429. The highest BCUT2D eigenvalue weighted by Crippen LogP contribution is 2.47. The molecular formula is C27H20N6. The highest BCUT2D eigenvalue weighted by molar-refractivity contribution is 5.83. The molecule has 3 aromatic heterocycles. The van der Waals surface area contributed by atoms with E-state index >= 15 is 0 Å². The van der Waals surface area contributed by atoms with Crippen LogP contribution in [0.25, 0.3) is 45.3 Å². The van der Waals surface area contributed by atoms with Crippen LogP contribution in [0.4, 0.5) is 0 Å². The Balaban J connectivity index is 1.60. The van der Waals surface area contributed by atoms with Crippen molar-refractivity contribution in [3.8, 4) is 45.3 Å². The van der Waals surface area contributed by atoms with E-state index in [-0.39, 0.29) is 0 Å². The fourth-order valence-corrected chi connectivity index (χ4v) is 4.34. The van der Waals surface area contributed by atoms with Gasteiger partial charge in [0.15, 0.2) is 5.82 Å². The van der Waals surface area contributed by atoms with Crippen molar-refractivity contribution in [2.45, 2.75) is 19.3 Å². The first-order chi connectivity index (χ1) is 16.1. The number of fused-ring (bicyclic) bond motifs is 3. The van der Waals surface area contributed by atoms with E-state index < -0.39 is 5.41 Å². The number of hydrogen-bond donors (Lipinski definition) is 0. The van der Waals surface area contributed by atoms with Crippen molar-refractivity contribution in [1.82, 2.24) is 29.9 Å². The maximum atomic E-state index is 5.21. The minimum atomic E-state index is -0.429. The zero-order valence-electron chi connectivity index (χ0n) is 18.3. The van der Waals surface area contributed by atoms with Gasteiger partial charge in [-0.3, -0.25) is 0 Å². The highest BCUT2D eigenvalue weighted by atomic mass is 15.0. The van der Waals surface area contributed by atoms with Crippen LogP contribution in [0.2, 0.25) is 0 Å². The molecule has 158 valence electrons. The molecule has 6 heteroatoms. The van der Waals surface area contributed by atoms with Crippen molar-refractivity contribution in [3.05, 3.63) is 96.8 Å². The summed E-state index contributed by atoms with van der Waals surface area (Å²) >= 11 is 0. The van der Waals surface area contributed by atoms with Gasteiger partial charge in [-0.15, -0.1) is 0 Å². The summed E-state index contributed by atoms with van der Waals surface area (Å²) in [6.45, 7) is 4.28. The molecule has 0 saturated heterocycles. The van der Waals surface area contributed by atoms with E-state index in [0.717, 1.165) is 45.2 Å². The monoisotopic (exact) mass is 428 g/mol. The van der Waals surface area contributed by atoms with E-state index in [1.165, 1.54) is 6.33 Å². The van der Waals surface area contributed by atoms with Crippen LogP contribution in [-0.2, 0) is 5.41 Å². The molecule has 6 nitrogen and oxygen atoms in total. The highest BCUT2D eigenvalue weighted by Gasteiger charge is 2.41. The van der Waals surface area contributed by atoms with E-state index in [1.807, 2.05) is 48.7 Å². The average Bonchev–Trinajstić information content (AvgIpc) is 3.10. The molecule has 0 spiro atoms. The van der Waals surface area contributed by atoms with Gasteiger partial charge in [-0.1, -0.05) is 60.7 Å². The van der Waals surface area contributed by atoms with E-state index in [1.54, 1.807) is 6.20 Å². The Morgan fingerprint density at radius 2 is 1.30 bits per heavy atom. The summed E-state index contributed by atoms with van der Waals surface area (Å²) < 4.78 is 0. The van der Waals surface area contributed by atoms with Gasteiger partial charge in [-0.05, 0) is 19.9 Å². The Morgan fingerprint density at radius 3 is 1.94 bits per heavy atom. The molecule has 0 N–H and O–H groups in total. The van der Waals surface area contributed by atoms with Crippen molar-refractivity contribution in [1.29, 1.82) is 0 Å². The Labute approximate surface area is 191 Å². The predicted molar refractivity (Wildman–Crippen MR) is 127 cm³/mol. The Kier molecular flexibility index (Phi) is 4.33. The molecule has 0 amide bonds. The van der Waals surface area contributed by atoms with Crippen LogP contribution >= 0.6 is 0 Å². The zero-order chi connectivity index (χ0) is 22.4. The van der Waals surface area contributed by atoms with Gasteiger partial charge in [0.05, 0.1) is 33.9 Å². The van der Waals surface area contributed by atoms with Gasteiger partial charge in [-0.2, -0.15) is 0 Å². The van der Waals surface area contributed by atoms with Crippen LogP contribution in [0, 0.1) is 0 Å². The van der Waals surface area contributed by atoms with Gasteiger partial charge in [0.25, 0.3) is 0 Å². The summed E-state index contributed by atoms with van der Waals surface area (Å²) in [6, 6.07) is 22.2. The van der Waals surface area contributed by atoms with Crippen LogP contribution in [0.1, 0.15) is 25.2 Å². The molecule has 1 aliphatic rings. The second-order valence-electron chi connectivity index (χ2n) is 8.53. The molecule has 0 saturated carbocycles. The lowest BCUT2D eigenvalue weighted by atomic mass is 9.89. The molecular weight excluding hydrogens is 408 g/mol. The van der Waals surface area contributed by atoms with Crippen molar-refractivity contribution < 1.29 is 0 Å². The molecule has 1 aliphatic carbocycles. The molecule has 0 atom stereocenters. The number of rotatable bonds is 3. The SMILES string of the molecule is CC1(C)c2nc(-c3ccncn3)ncc2-c2nc(-c3ccccc3)c(-c3ccccc3)nc21.